The van der Waals surface area contributed by atoms with Gasteiger partial charge in [-0.3, -0.25) is 0 Å². The van der Waals surface area contributed by atoms with Crippen LogP contribution in [0.5, 0.6) is 11.5 Å². The second-order valence-corrected chi connectivity index (χ2v) is 4.49. The number of para-hydroxylation sites is 1. The van der Waals surface area contributed by atoms with Crippen LogP contribution in [0.3, 0.4) is 0 Å². The van der Waals surface area contributed by atoms with Crippen molar-refractivity contribution in [1.29, 1.82) is 5.26 Å². The Kier molecular flexibility index (Phi) is 2.81. The molecule has 0 atom stereocenters. The summed E-state index contributed by atoms with van der Waals surface area (Å²) in [6.45, 7) is 1.90. The van der Waals surface area contributed by atoms with Crippen molar-refractivity contribution in [3.63, 3.8) is 0 Å². The van der Waals surface area contributed by atoms with E-state index in [1.54, 1.807) is 18.2 Å². The first-order valence-corrected chi connectivity index (χ1v) is 6.14. The molecule has 98 valence electrons. The Hall–Kier alpha value is -2.93. The first-order chi connectivity index (χ1) is 9.69. The van der Waals surface area contributed by atoms with Gasteiger partial charge < -0.3 is 14.9 Å². The van der Waals surface area contributed by atoms with E-state index in [1.165, 1.54) is 0 Å². The van der Waals surface area contributed by atoms with Gasteiger partial charge in [-0.15, -0.1) is 0 Å². The van der Waals surface area contributed by atoms with Crippen LogP contribution in [0.1, 0.15) is 11.3 Å². The molecule has 0 saturated carbocycles. The first-order valence-electron chi connectivity index (χ1n) is 6.14. The fourth-order valence-corrected chi connectivity index (χ4v) is 2.03. The standard InChI is InChI=1S/C16H12N2O2/c1-10-8-11(6-7-13(10)18)19-16-12-4-2-3-5-14(12)20-15(16)9-17/h2-8H,18H2,1H3. The molecule has 0 saturated heterocycles. The molecule has 0 aliphatic heterocycles. The third kappa shape index (κ3) is 1.95. The number of aryl methyl sites for hydroxylation is 1. The molecule has 0 bridgehead atoms. The minimum atomic E-state index is 0.167. The van der Waals surface area contributed by atoms with Crippen molar-refractivity contribution < 1.29 is 9.15 Å². The van der Waals surface area contributed by atoms with Crippen molar-refractivity contribution in [3.05, 3.63) is 53.8 Å². The summed E-state index contributed by atoms with van der Waals surface area (Å²) in [6.07, 6.45) is 0. The van der Waals surface area contributed by atoms with Gasteiger partial charge in [-0.2, -0.15) is 5.26 Å². The number of rotatable bonds is 2. The maximum absolute atomic E-state index is 9.15. The molecule has 4 nitrogen and oxygen atoms in total. The highest BCUT2D eigenvalue weighted by Crippen LogP contribution is 2.36. The lowest BCUT2D eigenvalue weighted by atomic mass is 10.2. The summed E-state index contributed by atoms with van der Waals surface area (Å²) in [4.78, 5) is 0. The quantitative estimate of drug-likeness (QED) is 0.710. The van der Waals surface area contributed by atoms with E-state index in [1.807, 2.05) is 37.3 Å². The Morgan fingerprint density at radius 2 is 2.00 bits per heavy atom. The molecule has 0 aliphatic carbocycles. The summed E-state index contributed by atoms with van der Waals surface area (Å²) in [5, 5.41) is 9.93. The molecule has 0 unspecified atom stereocenters. The lowest BCUT2D eigenvalue weighted by Crippen LogP contribution is -1.91. The largest absolute Gasteiger partial charge is 0.452 e. The summed E-state index contributed by atoms with van der Waals surface area (Å²) in [7, 11) is 0. The minimum Gasteiger partial charge on any atom is -0.452 e. The van der Waals surface area contributed by atoms with Crippen LogP contribution in [0.4, 0.5) is 5.69 Å². The van der Waals surface area contributed by atoms with Gasteiger partial charge in [0.2, 0.25) is 5.76 Å². The molecule has 2 N–H and O–H groups in total. The van der Waals surface area contributed by atoms with Gasteiger partial charge in [0.15, 0.2) is 5.75 Å². The van der Waals surface area contributed by atoms with Crippen molar-refractivity contribution in [3.8, 4) is 17.6 Å². The van der Waals surface area contributed by atoms with E-state index in [9.17, 15) is 0 Å². The number of nitriles is 1. The van der Waals surface area contributed by atoms with E-state index in [2.05, 4.69) is 0 Å². The van der Waals surface area contributed by atoms with E-state index in [0.717, 1.165) is 10.9 Å². The molecule has 2 aromatic carbocycles. The molecule has 0 spiro atoms. The molecular formula is C16H12N2O2. The molecule has 3 rings (SSSR count). The highest BCUT2D eigenvalue weighted by atomic mass is 16.5. The maximum Gasteiger partial charge on any atom is 0.247 e. The van der Waals surface area contributed by atoms with Gasteiger partial charge in [0.25, 0.3) is 0 Å². The topological polar surface area (TPSA) is 72.2 Å². The summed E-state index contributed by atoms with van der Waals surface area (Å²) < 4.78 is 11.3. The lowest BCUT2D eigenvalue weighted by Gasteiger charge is -2.06. The monoisotopic (exact) mass is 264 g/mol. The van der Waals surface area contributed by atoms with Crippen LogP contribution in [-0.4, -0.2) is 0 Å². The SMILES string of the molecule is Cc1cc(Oc2c(C#N)oc3ccccc23)ccc1N. The summed E-state index contributed by atoms with van der Waals surface area (Å²) >= 11 is 0. The Labute approximate surface area is 116 Å². The zero-order chi connectivity index (χ0) is 14.1. The van der Waals surface area contributed by atoms with Crippen LogP contribution in [0, 0.1) is 18.3 Å². The van der Waals surface area contributed by atoms with Gasteiger partial charge in [0.1, 0.15) is 17.4 Å². The van der Waals surface area contributed by atoms with Crippen LogP contribution < -0.4 is 10.5 Å². The van der Waals surface area contributed by atoms with Gasteiger partial charge in [0.05, 0.1) is 5.39 Å². The third-order valence-electron chi connectivity index (χ3n) is 3.11. The first kappa shape index (κ1) is 12.1. The van der Waals surface area contributed by atoms with Crippen LogP contribution in [-0.2, 0) is 0 Å². The molecule has 0 amide bonds. The highest BCUT2D eigenvalue weighted by molar-refractivity contribution is 5.86. The van der Waals surface area contributed by atoms with Gasteiger partial charge in [-0.25, -0.2) is 0 Å². The lowest BCUT2D eigenvalue weighted by molar-refractivity contribution is 0.467. The molecule has 1 heterocycles. The van der Waals surface area contributed by atoms with E-state index >= 15 is 0 Å². The van der Waals surface area contributed by atoms with Gasteiger partial charge in [-0.1, -0.05) is 12.1 Å². The molecule has 0 radical (unpaired) electrons. The Morgan fingerprint density at radius 3 is 2.75 bits per heavy atom. The summed E-state index contributed by atoms with van der Waals surface area (Å²) in [5.41, 5.74) is 8.04. The maximum atomic E-state index is 9.15. The number of hydrogen-bond acceptors (Lipinski definition) is 4. The predicted molar refractivity (Wildman–Crippen MR) is 76.6 cm³/mol. The van der Waals surface area contributed by atoms with Crippen molar-refractivity contribution in [2.45, 2.75) is 6.92 Å². The van der Waals surface area contributed by atoms with Gasteiger partial charge in [-0.05, 0) is 42.8 Å². The van der Waals surface area contributed by atoms with Crippen LogP contribution in [0.15, 0.2) is 46.9 Å². The average molecular weight is 264 g/mol. The Morgan fingerprint density at radius 1 is 1.20 bits per heavy atom. The number of benzene rings is 2. The molecule has 0 aliphatic rings. The number of ether oxygens (including phenoxy) is 1. The highest BCUT2D eigenvalue weighted by Gasteiger charge is 2.16. The summed E-state index contributed by atoms with van der Waals surface area (Å²) in [6, 6.07) is 14.8. The summed E-state index contributed by atoms with van der Waals surface area (Å²) in [5.74, 6) is 1.23. The second kappa shape index (κ2) is 4.63. The number of fused-ring (bicyclic) bond motifs is 1. The minimum absolute atomic E-state index is 0.167. The van der Waals surface area contributed by atoms with Crippen molar-refractivity contribution in [2.24, 2.45) is 0 Å². The Bertz CT molecular complexity index is 828. The van der Waals surface area contributed by atoms with E-state index in [-0.39, 0.29) is 5.76 Å². The molecule has 4 heteroatoms. The van der Waals surface area contributed by atoms with E-state index in [0.29, 0.717) is 22.8 Å². The predicted octanol–water partition coefficient (Wildman–Crippen LogP) is 3.99. The fourth-order valence-electron chi connectivity index (χ4n) is 2.03. The second-order valence-electron chi connectivity index (χ2n) is 4.49. The number of nitrogen functional groups attached to an aromatic ring is 1. The van der Waals surface area contributed by atoms with E-state index < -0.39 is 0 Å². The molecule has 20 heavy (non-hydrogen) atoms. The van der Waals surface area contributed by atoms with Gasteiger partial charge in [0, 0.05) is 5.69 Å². The number of nitrogens with two attached hydrogens (primary N) is 1. The zero-order valence-electron chi connectivity index (χ0n) is 10.9. The van der Waals surface area contributed by atoms with Crippen LogP contribution in [0.25, 0.3) is 11.0 Å². The van der Waals surface area contributed by atoms with E-state index in [4.69, 9.17) is 20.1 Å². The van der Waals surface area contributed by atoms with Crippen molar-refractivity contribution in [2.75, 3.05) is 5.73 Å². The Balaban J connectivity index is 2.10. The average Bonchev–Trinajstić information content (AvgIpc) is 2.81. The van der Waals surface area contributed by atoms with Gasteiger partial charge >= 0.3 is 0 Å². The molecule has 1 aromatic heterocycles. The normalized spacial score (nSPS) is 10.4. The molecular weight excluding hydrogens is 252 g/mol. The molecule has 0 fully saturated rings. The smallest absolute Gasteiger partial charge is 0.247 e. The van der Waals surface area contributed by atoms with Crippen LogP contribution in [0.2, 0.25) is 0 Å². The number of hydrogen-bond donors (Lipinski definition) is 1. The number of anilines is 1. The number of furan rings is 1. The third-order valence-corrected chi connectivity index (χ3v) is 3.11. The molecule has 3 aromatic rings. The van der Waals surface area contributed by atoms with Crippen LogP contribution >= 0.6 is 0 Å². The number of nitrogens with zero attached hydrogens (tertiary/aromatic N) is 1. The zero-order valence-corrected chi connectivity index (χ0v) is 10.9. The van der Waals surface area contributed by atoms with Crippen molar-refractivity contribution in [1.82, 2.24) is 0 Å². The fraction of sp³-hybridized carbons (Fsp3) is 0.0625. The van der Waals surface area contributed by atoms with Crippen molar-refractivity contribution >= 4 is 16.7 Å².